The molecular weight excluding hydrogens is 290 g/mol. The Bertz CT molecular complexity index is 508. The van der Waals surface area contributed by atoms with Gasteiger partial charge in [-0.2, -0.15) is 0 Å². The highest BCUT2D eigenvalue weighted by atomic mass is 35.5. The second-order valence-electron chi connectivity index (χ2n) is 5.91. The quantitative estimate of drug-likeness (QED) is 0.668. The number of nitro benzene ring substituents is 1. The fourth-order valence-electron chi connectivity index (χ4n) is 2.72. The smallest absolute Gasteiger partial charge is 0.271 e. The summed E-state index contributed by atoms with van der Waals surface area (Å²) >= 11 is 6.22. The molecule has 1 saturated heterocycles. The number of rotatable bonds is 5. The van der Waals surface area contributed by atoms with Gasteiger partial charge in [-0.1, -0.05) is 25.4 Å². The second kappa shape index (κ2) is 7.09. The molecule has 1 fully saturated rings. The molecule has 0 bridgehead atoms. The molecule has 0 saturated carbocycles. The summed E-state index contributed by atoms with van der Waals surface area (Å²) in [5.41, 5.74) is 0.940. The normalized spacial score (nSPS) is 19.0. The molecule has 0 amide bonds. The molecule has 5 nitrogen and oxygen atoms in total. The molecule has 1 N–H and O–H groups in total. The van der Waals surface area contributed by atoms with Crippen LogP contribution in [0.5, 0.6) is 0 Å². The number of nitrogens with zero attached hydrogens (tertiary/aromatic N) is 2. The van der Waals surface area contributed by atoms with Crippen LogP contribution in [0.3, 0.4) is 0 Å². The number of nitrogens with one attached hydrogen (secondary N) is 1. The van der Waals surface area contributed by atoms with Crippen molar-refractivity contribution in [1.29, 1.82) is 0 Å². The van der Waals surface area contributed by atoms with Crippen molar-refractivity contribution in [3.63, 3.8) is 0 Å². The van der Waals surface area contributed by atoms with Gasteiger partial charge in [0, 0.05) is 31.3 Å². The van der Waals surface area contributed by atoms with Crippen LogP contribution < -0.4 is 10.2 Å². The Hall–Kier alpha value is -1.33. The lowest BCUT2D eigenvalue weighted by Gasteiger charge is -2.35. The van der Waals surface area contributed by atoms with Crippen molar-refractivity contribution in [2.75, 3.05) is 24.5 Å². The minimum Gasteiger partial charge on any atom is -0.370 e. The monoisotopic (exact) mass is 311 g/mol. The van der Waals surface area contributed by atoms with Crippen molar-refractivity contribution in [1.82, 2.24) is 5.32 Å². The number of hydrogen-bond donors (Lipinski definition) is 1. The minimum atomic E-state index is -0.415. The SMILES string of the molecule is CC(C)NCC1CCCN(c2ccc([N+](=O)[O-])cc2Cl)C1. The summed E-state index contributed by atoms with van der Waals surface area (Å²) in [6, 6.07) is 5.21. The van der Waals surface area contributed by atoms with Gasteiger partial charge in [-0.05, 0) is 31.4 Å². The van der Waals surface area contributed by atoms with Gasteiger partial charge in [0.1, 0.15) is 0 Å². The van der Waals surface area contributed by atoms with Crippen molar-refractivity contribution in [2.24, 2.45) is 5.92 Å². The Morgan fingerprint density at radius 1 is 1.52 bits per heavy atom. The topological polar surface area (TPSA) is 58.4 Å². The lowest BCUT2D eigenvalue weighted by atomic mass is 9.97. The lowest BCUT2D eigenvalue weighted by molar-refractivity contribution is -0.384. The first-order valence-corrected chi connectivity index (χ1v) is 7.77. The van der Waals surface area contributed by atoms with Crippen LogP contribution in [0.25, 0.3) is 0 Å². The largest absolute Gasteiger partial charge is 0.370 e. The van der Waals surface area contributed by atoms with Crippen LogP contribution in [0.15, 0.2) is 18.2 Å². The Labute approximate surface area is 130 Å². The van der Waals surface area contributed by atoms with E-state index in [2.05, 4.69) is 24.1 Å². The number of hydrogen-bond acceptors (Lipinski definition) is 4. The summed E-state index contributed by atoms with van der Waals surface area (Å²) in [5, 5.41) is 14.7. The number of halogens is 1. The van der Waals surface area contributed by atoms with Crippen LogP contribution in [-0.2, 0) is 0 Å². The molecule has 0 radical (unpaired) electrons. The molecule has 1 unspecified atom stereocenters. The minimum absolute atomic E-state index is 0.0405. The summed E-state index contributed by atoms with van der Waals surface area (Å²) in [4.78, 5) is 12.6. The van der Waals surface area contributed by atoms with Crippen molar-refractivity contribution in [3.05, 3.63) is 33.3 Å². The van der Waals surface area contributed by atoms with Gasteiger partial charge in [-0.3, -0.25) is 10.1 Å². The molecule has 1 aromatic carbocycles. The summed E-state index contributed by atoms with van der Waals surface area (Å²) in [7, 11) is 0. The molecule has 0 spiro atoms. The van der Waals surface area contributed by atoms with E-state index in [-0.39, 0.29) is 5.69 Å². The van der Waals surface area contributed by atoms with Crippen LogP contribution in [0.2, 0.25) is 5.02 Å². The van der Waals surface area contributed by atoms with Gasteiger partial charge in [0.15, 0.2) is 0 Å². The van der Waals surface area contributed by atoms with Crippen LogP contribution >= 0.6 is 11.6 Å². The Morgan fingerprint density at radius 2 is 2.29 bits per heavy atom. The summed E-state index contributed by atoms with van der Waals surface area (Å²) in [6.07, 6.45) is 2.33. The number of nitro groups is 1. The maximum Gasteiger partial charge on any atom is 0.271 e. The first-order valence-electron chi connectivity index (χ1n) is 7.39. The zero-order chi connectivity index (χ0) is 15.4. The van der Waals surface area contributed by atoms with E-state index in [0.717, 1.165) is 31.7 Å². The molecule has 1 aromatic rings. The summed E-state index contributed by atoms with van der Waals surface area (Å²) < 4.78 is 0. The Kier molecular flexibility index (Phi) is 5.42. The second-order valence-corrected chi connectivity index (χ2v) is 6.32. The third-order valence-electron chi connectivity index (χ3n) is 3.82. The first-order chi connectivity index (χ1) is 9.97. The maximum atomic E-state index is 10.8. The highest BCUT2D eigenvalue weighted by Gasteiger charge is 2.22. The number of piperidine rings is 1. The predicted molar refractivity (Wildman–Crippen MR) is 86.2 cm³/mol. The van der Waals surface area contributed by atoms with Crippen molar-refractivity contribution < 1.29 is 4.92 Å². The first kappa shape index (κ1) is 16.0. The average Bonchev–Trinajstić information content (AvgIpc) is 2.45. The van der Waals surface area contributed by atoms with Gasteiger partial charge in [-0.25, -0.2) is 0 Å². The van der Waals surface area contributed by atoms with Crippen LogP contribution in [-0.4, -0.2) is 30.6 Å². The van der Waals surface area contributed by atoms with E-state index in [1.807, 2.05) is 0 Å². The van der Waals surface area contributed by atoms with E-state index >= 15 is 0 Å². The molecule has 2 rings (SSSR count). The number of anilines is 1. The fourth-order valence-corrected chi connectivity index (χ4v) is 3.01. The molecule has 0 aliphatic carbocycles. The zero-order valence-corrected chi connectivity index (χ0v) is 13.3. The molecule has 116 valence electrons. The molecule has 0 aromatic heterocycles. The molecule has 1 heterocycles. The van der Waals surface area contributed by atoms with E-state index in [4.69, 9.17) is 11.6 Å². The Balaban J connectivity index is 2.05. The van der Waals surface area contributed by atoms with Gasteiger partial charge >= 0.3 is 0 Å². The molecule has 6 heteroatoms. The van der Waals surface area contributed by atoms with Crippen LogP contribution in [0.4, 0.5) is 11.4 Å². The van der Waals surface area contributed by atoms with E-state index < -0.39 is 4.92 Å². The molecule has 1 aliphatic rings. The summed E-state index contributed by atoms with van der Waals surface area (Å²) in [6.45, 7) is 7.19. The van der Waals surface area contributed by atoms with E-state index in [1.165, 1.54) is 18.6 Å². The van der Waals surface area contributed by atoms with Gasteiger partial charge in [-0.15, -0.1) is 0 Å². The highest BCUT2D eigenvalue weighted by Crippen LogP contribution is 2.32. The van der Waals surface area contributed by atoms with E-state index in [0.29, 0.717) is 17.0 Å². The lowest BCUT2D eigenvalue weighted by Crippen LogP contribution is -2.41. The standard InChI is InChI=1S/C15H22ClN3O2/c1-11(2)17-9-12-4-3-7-18(10-12)15-6-5-13(19(20)21)8-14(15)16/h5-6,8,11-12,17H,3-4,7,9-10H2,1-2H3. The molecule has 1 aliphatic heterocycles. The van der Waals surface area contributed by atoms with Gasteiger partial charge in [0.05, 0.1) is 15.6 Å². The van der Waals surface area contributed by atoms with Crippen molar-refractivity contribution in [3.8, 4) is 0 Å². The van der Waals surface area contributed by atoms with E-state index in [1.54, 1.807) is 6.07 Å². The third-order valence-corrected chi connectivity index (χ3v) is 4.12. The zero-order valence-electron chi connectivity index (χ0n) is 12.5. The summed E-state index contributed by atoms with van der Waals surface area (Å²) in [5.74, 6) is 0.590. The number of benzene rings is 1. The molecule has 1 atom stereocenters. The van der Waals surface area contributed by atoms with Gasteiger partial charge in [0.25, 0.3) is 5.69 Å². The van der Waals surface area contributed by atoms with Gasteiger partial charge in [0.2, 0.25) is 0 Å². The van der Waals surface area contributed by atoms with E-state index in [9.17, 15) is 10.1 Å². The van der Waals surface area contributed by atoms with Crippen molar-refractivity contribution in [2.45, 2.75) is 32.7 Å². The molecular formula is C15H22ClN3O2. The molecule has 21 heavy (non-hydrogen) atoms. The third kappa shape index (κ3) is 4.32. The predicted octanol–water partition coefficient (Wildman–Crippen LogP) is 3.46. The number of non-ortho nitro benzene ring substituents is 1. The fraction of sp³-hybridized carbons (Fsp3) is 0.600. The van der Waals surface area contributed by atoms with Crippen LogP contribution in [0, 0.1) is 16.0 Å². The van der Waals surface area contributed by atoms with Gasteiger partial charge < -0.3 is 10.2 Å². The maximum absolute atomic E-state index is 10.8. The van der Waals surface area contributed by atoms with Crippen LogP contribution in [0.1, 0.15) is 26.7 Å². The Morgan fingerprint density at radius 3 is 2.90 bits per heavy atom. The van der Waals surface area contributed by atoms with Crippen molar-refractivity contribution >= 4 is 23.0 Å². The average molecular weight is 312 g/mol. The highest BCUT2D eigenvalue weighted by molar-refractivity contribution is 6.33.